The van der Waals surface area contributed by atoms with Crippen LogP contribution in [-0.4, -0.2) is 49.6 Å². The molecule has 12 heteroatoms. The van der Waals surface area contributed by atoms with E-state index in [4.69, 9.17) is 17.0 Å². The highest BCUT2D eigenvalue weighted by Crippen LogP contribution is 2.24. The number of carbonyl (C=O) groups is 1. The minimum atomic E-state index is -0.461. The number of piperidine rings is 1. The largest absolute Gasteiger partial charge is 0.492 e. The van der Waals surface area contributed by atoms with Crippen molar-refractivity contribution in [2.75, 3.05) is 19.7 Å². The van der Waals surface area contributed by atoms with Gasteiger partial charge in [-0.05, 0) is 68.8 Å². The van der Waals surface area contributed by atoms with Crippen LogP contribution in [0.25, 0.3) is 11.2 Å². The van der Waals surface area contributed by atoms with Crippen molar-refractivity contribution in [3.8, 4) is 5.75 Å². The van der Waals surface area contributed by atoms with E-state index in [1.165, 1.54) is 41.8 Å². The Balaban J connectivity index is 1.07. The molecule has 1 fully saturated rings. The van der Waals surface area contributed by atoms with Gasteiger partial charge in [-0.2, -0.15) is 0 Å². The molecule has 0 spiro atoms. The zero-order valence-corrected chi connectivity index (χ0v) is 25.8. The molecule has 1 aromatic carbocycles. The van der Waals surface area contributed by atoms with Crippen LogP contribution in [0, 0.1) is 4.77 Å². The molecule has 4 aromatic rings. The quantitative estimate of drug-likeness (QED) is 0.138. The summed E-state index contributed by atoms with van der Waals surface area (Å²) in [4.78, 5) is 46.6. The highest BCUT2D eigenvalue weighted by Gasteiger charge is 2.15. The molecule has 4 heterocycles. The number of imidazole rings is 1. The van der Waals surface area contributed by atoms with E-state index in [1.807, 2.05) is 36.4 Å². The summed E-state index contributed by atoms with van der Waals surface area (Å²) in [5.74, 6) is 0.749. The summed E-state index contributed by atoms with van der Waals surface area (Å²) in [6.45, 7) is 4.64. The summed E-state index contributed by atoms with van der Waals surface area (Å²) in [5.41, 5.74) is 0.849. The molecule has 0 saturated carbocycles. The van der Waals surface area contributed by atoms with Crippen LogP contribution in [-0.2, 0) is 30.8 Å². The van der Waals surface area contributed by atoms with E-state index in [9.17, 15) is 14.4 Å². The van der Waals surface area contributed by atoms with E-state index in [0.717, 1.165) is 17.9 Å². The Kier molecular flexibility index (Phi) is 10.8. The zero-order chi connectivity index (χ0) is 30.0. The first-order valence-electron chi connectivity index (χ1n) is 14.8. The molecule has 5 rings (SSSR count). The number of aryl methyl sites for hydroxylation is 2. The lowest BCUT2D eigenvalue weighted by Gasteiger charge is -2.25. The summed E-state index contributed by atoms with van der Waals surface area (Å²) < 4.78 is 9.40. The number of H-pyrrole nitrogens is 2. The van der Waals surface area contributed by atoms with E-state index in [2.05, 4.69) is 31.6 Å². The van der Waals surface area contributed by atoms with Crippen molar-refractivity contribution in [1.82, 2.24) is 29.3 Å². The fourth-order valence-electron chi connectivity index (χ4n) is 5.29. The summed E-state index contributed by atoms with van der Waals surface area (Å²) in [6.07, 6.45) is 9.42. The van der Waals surface area contributed by atoms with Crippen molar-refractivity contribution in [2.24, 2.45) is 0 Å². The maximum absolute atomic E-state index is 13.1. The minimum Gasteiger partial charge on any atom is -0.492 e. The molecule has 43 heavy (non-hydrogen) atoms. The third-order valence-corrected chi connectivity index (χ3v) is 8.86. The Morgan fingerprint density at radius 1 is 1.07 bits per heavy atom. The Hall–Kier alpha value is -3.74. The average molecular weight is 623 g/mol. The highest BCUT2D eigenvalue weighted by molar-refractivity contribution is 7.71. The number of ether oxygens (including phenoxy) is 1. The fourth-order valence-corrected chi connectivity index (χ4v) is 6.49. The number of thiophene rings is 1. The van der Waals surface area contributed by atoms with Crippen LogP contribution in [0.2, 0.25) is 0 Å². The molecule has 1 amide bonds. The van der Waals surface area contributed by atoms with Crippen LogP contribution >= 0.6 is 23.6 Å². The van der Waals surface area contributed by atoms with Crippen LogP contribution in [0.15, 0.2) is 63.6 Å². The van der Waals surface area contributed by atoms with Crippen molar-refractivity contribution in [2.45, 2.75) is 64.6 Å². The van der Waals surface area contributed by atoms with Crippen LogP contribution in [0.5, 0.6) is 5.75 Å². The second kappa shape index (κ2) is 15.1. The van der Waals surface area contributed by atoms with Crippen LogP contribution in [0.1, 0.15) is 49.0 Å². The van der Waals surface area contributed by atoms with E-state index < -0.39 is 5.69 Å². The highest BCUT2D eigenvalue weighted by atomic mass is 32.1. The number of carbonyl (C=O) groups excluding carboxylic acids is 1. The molecule has 3 N–H and O–H groups in total. The summed E-state index contributed by atoms with van der Waals surface area (Å²) in [6, 6.07) is 12.1. The van der Waals surface area contributed by atoms with Gasteiger partial charge in [-0.25, -0.2) is 4.79 Å². The fraction of sp³-hybridized carbons (Fsp3) is 0.419. The van der Waals surface area contributed by atoms with E-state index in [-0.39, 0.29) is 29.9 Å². The number of fused-ring (bicyclic) bond motifs is 1. The standard InChI is InChI=1S/C31H38N6O4S2/c38-26(32-14-5-8-19-41-24-20-25(43-22-24)21-35-15-6-2-7-16-35)12-9-17-37-29(39)27-28(34-30(40)33-27)36(31(37)42)18-13-23-10-3-1-4-11-23/h1,3-5,10-11,14,20,22H,2,6-9,12-13,15-19,21H2,(H,32,38)(H2,33,34,40)/b14-5-. The van der Waals surface area contributed by atoms with Gasteiger partial charge in [-0.1, -0.05) is 42.8 Å². The Morgan fingerprint density at radius 2 is 1.88 bits per heavy atom. The lowest BCUT2D eigenvalue weighted by molar-refractivity contribution is -0.120. The van der Waals surface area contributed by atoms with Crippen LogP contribution in [0.4, 0.5) is 0 Å². The Bertz CT molecular complexity index is 1710. The van der Waals surface area contributed by atoms with Crippen LogP contribution in [0.3, 0.4) is 0 Å². The smallest absolute Gasteiger partial charge is 0.325 e. The topological polar surface area (TPSA) is 117 Å². The average Bonchev–Trinajstić information content (AvgIpc) is 3.63. The van der Waals surface area contributed by atoms with Gasteiger partial charge in [-0.3, -0.25) is 29.0 Å². The number of rotatable bonds is 14. The molecular weight excluding hydrogens is 585 g/mol. The lowest BCUT2D eigenvalue weighted by Crippen LogP contribution is -2.28. The van der Waals surface area contributed by atoms with Gasteiger partial charge in [0, 0.05) is 42.7 Å². The monoisotopic (exact) mass is 622 g/mol. The van der Waals surface area contributed by atoms with Crippen molar-refractivity contribution >= 4 is 40.6 Å². The number of hydrogen-bond donors (Lipinski definition) is 3. The summed E-state index contributed by atoms with van der Waals surface area (Å²) in [5, 5.41) is 4.84. The Morgan fingerprint density at radius 3 is 2.70 bits per heavy atom. The summed E-state index contributed by atoms with van der Waals surface area (Å²) in [7, 11) is 0. The van der Waals surface area contributed by atoms with E-state index in [0.29, 0.717) is 42.8 Å². The molecule has 0 unspecified atom stereocenters. The van der Waals surface area contributed by atoms with E-state index >= 15 is 0 Å². The zero-order valence-electron chi connectivity index (χ0n) is 24.2. The van der Waals surface area contributed by atoms with Gasteiger partial charge in [0.1, 0.15) is 11.4 Å². The van der Waals surface area contributed by atoms with Gasteiger partial charge in [-0.15, -0.1) is 11.3 Å². The third kappa shape index (κ3) is 8.43. The molecule has 0 bridgehead atoms. The van der Waals surface area contributed by atoms with Gasteiger partial charge in [0.05, 0.1) is 6.61 Å². The first-order valence-corrected chi connectivity index (χ1v) is 16.1. The van der Waals surface area contributed by atoms with E-state index in [1.54, 1.807) is 22.1 Å². The normalized spacial score (nSPS) is 14.0. The number of likely N-dealkylation sites (tertiary alicyclic amines) is 1. The Labute approximate surface area is 259 Å². The number of amides is 1. The van der Waals surface area contributed by atoms with Crippen molar-refractivity contribution < 1.29 is 9.53 Å². The predicted octanol–water partition coefficient (Wildman–Crippen LogP) is 4.72. The molecule has 0 radical (unpaired) electrons. The molecule has 10 nitrogen and oxygen atoms in total. The van der Waals surface area contributed by atoms with Gasteiger partial charge < -0.3 is 14.6 Å². The number of benzene rings is 1. The molecule has 0 atom stereocenters. The maximum atomic E-state index is 13.1. The third-order valence-electron chi connectivity index (χ3n) is 7.52. The van der Waals surface area contributed by atoms with Crippen molar-refractivity contribution in [1.29, 1.82) is 0 Å². The van der Waals surface area contributed by atoms with Crippen LogP contribution < -0.4 is 21.3 Å². The second-order valence-electron chi connectivity index (χ2n) is 10.7. The van der Waals surface area contributed by atoms with Crippen molar-refractivity contribution in [3.63, 3.8) is 0 Å². The first-order chi connectivity index (χ1) is 21.0. The number of aromatic nitrogens is 4. The van der Waals surface area contributed by atoms with Gasteiger partial charge in [0.15, 0.2) is 10.3 Å². The maximum Gasteiger partial charge on any atom is 0.325 e. The number of nitrogens with one attached hydrogen (secondary N) is 3. The number of nitrogens with zero attached hydrogens (tertiary/aromatic N) is 3. The molecule has 1 aliphatic heterocycles. The molecule has 3 aromatic heterocycles. The number of aromatic amines is 2. The van der Waals surface area contributed by atoms with Gasteiger partial charge >= 0.3 is 5.69 Å². The lowest BCUT2D eigenvalue weighted by atomic mass is 10.1. The second-order valence-corrected chi connectivity index (χ2v) is 12.1. The summed E-state index contributed by atoms with van der Waals surface area (Å²) >= 11 is 7.40. The SMILES string of the molecule is O=C(CCCn1c(=O)c2[nH]c(=O)[nH]c2n(CCc2ccccc2)c1=S)N/C=C\CCOc1csc(CN2CCCCC2)c1. The first kappa shape index (κ1) is 30.7. The minimum absolute atomic E-state index is 0.149. The molecular formula is C31H38N6O4S2. The van der Waals surface area contributed by atoms with Gasteiger partial charge in [0.2, 0.25) is 5.91 Å². The van der Waals surface area contributed by atoms with Crippen molar-refractivity contribution in [3.05, 3.63) is 90.1 Å². The molecule has 228 valence electrons. The number of hydrogen-bond acceptors (Lipinski definition) is 7. The predicted molar refractivity (Wildman–Crippen MR) is 172 cm³/mol. The van der Waals surface area contributed by atoms with Gasteiger partial charge in [0.25, 0.3) is 5.56 Å². The molecule has 1 saturated heterocycles. The molecule has 1 aliphatic rings. The molecule has 0 aliphatic carbocycles.